The van der Waals surface area contributed by atoms with E-state index in [0.717, 1.165) is 16.5 Å². The van der Waals surface area contributed by atoms with Crippen LogP contribution >= 0.6 is 0 Å². The molecule has 0 unspecified atom stereocenters. The Labute approximate surface area is 92.9 Å². The van der Waals surface area contributed by atoms with Gasteiger partial charge in [-0.2, -0.15) is 0 Å². The fraction of sp³-hybridized carbons (Fsp3) is 0.167. The number of hydrogen-bond acceptors (Lipinski definition) is 3. The molecule has 0 atom stereocenters. The molecule has 0 amide bonds. The molecule has 4 heteroatoms. The summed E-state index contributed by atoms with van der Waals surface area (Å²) < 4.78 is 0. The molecule has 0 saturated heterocycles. The highest BCUT2D eigenvalue weighted by atomic mass is 16.4. The van der Waals surface area contributed by atoms with E-state index in [1.165, 1.54) is 6.20 Å². The van der Waals surface area contributed by atoms with Crippen LogP contribution in [0.2, 0.25) is 0 Å². The number of carboxylic acids is 1. The summed E-state index contributed by atoms with van der Waals surface area (Å²) >= 11 is 0. The molecular formula is C12H12N2O2. The summed E-state index contributed by atoms with van der Waals surface area (Å²) in [6.07, 6.45) is 1.38. The second-order valence-electron chi connectivity index (χ2n) is 3.62. The predicted octanol–water partition coefficient (Wildman–Crippen LogP) is 2.28. The zero-order valence-corrected chi connectivity index (χ0v) is 9.11. The van der Waals surface area contributed by atoms with Gasteiger partial charge in [0.1, 0.15) is 5.56 Å². The van der Waals surface area contributed by atoms with Crippen LogP contribution in [-0.4, -0.2) is 23.1 Å². The summed E-state index contributed by atoms with van der Waals surface area (Å²) in [5.41, 5.74) is 2.70. The Morgan fingerprint density at radius 2 is 2.19 bits per heavy atom. The van der Waals surface area contributed by atoms with E-state index in [0.29, 0.717) is 5.69 Å². The Kier molecular flexibility index (Phi) is 2.48. The zero-order valence-electron chi connectivity index (χ0n) is 9.11. The molecule has 1 heterocycles. The van der Waals surface area contributed by atoms with Crippen LogP contribution in [0.15, 0.2) is 24.4 Å². The van der Waals surface area contributed by atoms with Crippen molar-refractivity contribution >= 4 is 22.6 Å². The summed E-state index contributed by atoms with van der Waals surface area (Å²) in [4.78, 5) is 15.2. The molecule has 4 nitrogen and oxygen atoms in total. The smallest absolute Gasteiger partial charge is 0.339 e. The molecule has 2 N–H and O–H groups in total. The molecule has 1 aromatic heterocycles. The number of nitrogens with zero attached hydrogens (tertiary/aromatic N) is 1. The number of rotatable bonds is 2. The first-order valence-electron chi connectivity index (χ1n) is 4.94. The minimum Gasteiger partial charge on any atom is -0.478 e. The van der Waals surface area contributed by atoms with Gasteiger partial charge in [-0.3, -0.25) is 4.98 Å². The average molecular weight is 216 g/mol. The van der Waals surface area contributed by atoms with Gasteiger partial charge in [-0.1, -0.05) is 12.1 Å². The molecule has 2 rings (SSSR count). The standard InChI is InChI=1S/C12H12N2O2/c1-7-3-4-8-10(5-7)14-6-9(12(15)16)11(8)13-2/h3-6H,1-2H3,(H,13,14)(H,15,16). The summed E-state index contributed by atoms with van der Waals surface area (Å²) in [7, 11) is 1.71. The first-order valence-corrected chi connectivity index (χ1v) is 4.94. The van der Waals surface area contributed by atoms with Gasteiger partial charge in [0.15, 0.2) is 0 Å². The van der Waals surface area contributed by atoms with Gasteiger partial charge in [0, 0.05) is 18.6 Å². The molecule has 1 aromatic carbocycles. The van der Waals surface area contributed by atoms with Crippen molar-refractivity contribution < 1.29 is 9.90 Å². The lowest BCUT2D eigenvalue weighted by Gasteiger charge is -2.09. The quantitative estimate of drug-likeness (QED) is 0.808. The number of hydrogen-bond donors (Lipinski definition) is 2. The lowest BCUT2D eigenvalue weighted by molar-refractivity contribution is 0.0697. The largest absolute Gasteiger partial charge is 0.478 e. The van der Waals surface area contributed by atoms with Crippen molar-refractivity contribution in [2.45, 2.75) is 6.92 Å². The van der Waals surface area contributed by atoms with Gasteiger partial charge in [0.2, 0.25) is 0 Å². The zero-order chi connectivity index (χ0) is 11.7. The van der Waals surface area contributed by atoms with Crippen molar-refractivity contribution in [1.29, 1.82) is 0 Å². The van der Waals surface area contributed by atoms with Crippen molar-refractivity contribution in [2.75, 3.05) is 12.4 Å². The molecule has 0 saturated carbocycles. The van der Waals surface area contributed by atoms with Gasteiger partial charge in [-0.05, 0) is 18.6 Å². The van der Waals surface area contributed by atoms with Crippen molar-refractivity contribution in [3.63, 3.8) is 0 Å². The minimum absolute atomic E-state index is 0.193. The topological polar surface area (TPSA) is 62.2 Å². The SMILES string of the molecule is CNc1c(C(=O)O)cnc2cc(C)ccc12. The number of carbonyl (C=O) groups is 1. The van der Waals surface area contributed by atoms with E-state index in [1.807, 2.05) is 25.1 Å². The monoisotopic (exact) mass is 216 g/mol. The number of benzene rings is 1. The number of nitrogens with one attached hydrogen (secondary N) is 1. The molecular weight excluding hydrogens is 204 g/mol. The van der Waals surface area contributed by atoms with E-state index in [-0.39, 0.29) is 5.56 Å². The van der Waals surface area contributed by atoms with Crippen LogP contribution in [0.4, 0.5) is 5.69 Å². The van der Waals surface area contributed by atoms with Gasteiger partial charge in [0.25, 0.3) is 0 Å². The number of aryl methyl sites for hydroxylation is 1. The molecule has 0 aliphatic rings. The van der Waals surface area contributed by atoms with Gasteiger partial charge in [-0.25, -0.2) is 4.79 Å². The van der Waals surface area contributed by atoms with Crippen molar-refractivity contribution in [2.24, 2.45) is 0 Å². The van der Waals surface area contributed by atoms with Gasteiger partial charge in [-0.15, -0.1) is 0 Å². The maximum atomic E-state index is 11.0. The second-order valence-corrected chi connectivity index (χ2v) is 3.62. The summed E-state index contributed by atoms with van der Waals surface area (Å²) in [6, 6.07) is 5.76. The normalized spacial score (nSPS) is 10.4. The third-order valence-corrected chi connectivity index (χ3v) is 2.51. The van der Waals surface area contributed by atoms with Gasteiger partial charge in [0.05, 0.1) is 11.2 Å². The molecule has 82 valence electrons. The van der Waals surface area contributed by atoms with Crippen molar-refractivity contribution in [3.05, 3.63) is 35.5 Å². The summed E-state index contributed by atoms with van der Waals surface area (Å²) in [6.45, 7) is 1.98. The fourth-order valence-corrected chi connectivity index (χ4v) is 1.74. The second kappa shape index (κ2) is 3.81. The van der Waals surface area contributed by atoms with Crippen LogP contribution in [0.1, 0.15) is 15.9 Å². The van der Waals surface area contributed by atoms with E-state index in [9.17, 15) is 4.79 Å². The van der Waals surface area contributed by atoms with Crippen LogP contribution in [0.5, 0.6) is 0 Å². The Hall–Kier alpha value is -2.10. The summed E-state index contributed by atoms with van der Waals surface area (Å²) in [5, 5.41) is 12.8. The number of aromatic nitrogens is 1. The van der Waals surface area contributed by atoms with Crippen LogP contribution in [0.25, 0.3) is 10.9 Å². The maximum Gasteiger partial charge on any atom is 0.339 e. The van der Waals surface area contributed by atoms with E-state index in [1.54, 1.807) is 7.05 Å². The number of aromatic carboxylic acids is 1. The van der Waals surface area contributed by atoms with Crippen LogP contribution < -0.4 is 5.32 Å². The highest BCUT2D eigenvalue weighted by Gasteiger charge is 2.12. The van der Waals surface area contributed by atoms with Gasteiger partial charge < -0.3 is 10.4 Å². The highest BCUT2D eigenvalue weighted by Crippen LogP contribution is 2.26. The Balaban J connectivity index is 2.80. The number of carboxylic acid groups (broad SMARTS) is 1. The Morgan fingerprint density at radius 3 is 2.81 bits per heavy atom. The fourth-order valence-electron chi connectivity index (χ4n) is 1.74. The van der Waals surface area contributed by atoms with Crippen LogP contribution in [0, 0.1) is 6.92 Å². The Morgan fingerprint density at radius 1 is 1.44 bits per heavy atom. The summed E-state index contributed by atoms with van der Waals surface area (Å²) in [5.74, 6) is -0.973. The molecule has 0 fully saturated rings. The van der Waals surface area contributed by atoms with Crippen molar-refractivity contribution in [3.8, 4) is 0 Å². The molecule has 0 aliphatic heterocycles. The lowest BCUT2D eigenvalue weighted by Crippen LogP contribution is -2.04. The molecule has 2 aromatic rings. The van der Waals surface area contributed by atoms with E-state index in [2.05, 4.69) is 10.3 Å². The van der Waals surface area contributed by atoms with Crippen molar-refractivity contribution in [1.82, 2.24) is 4.98 Å². The van der Waals surface area contributed by atoms with E-state index in [4.69, 9.17) is 5.11 Å². The average Bonchev–Trinajstić information content (AvgIpc) is 2.26. The third kappa shape index (κ3) is 1.58. The molecule has 0 spiro atoms. The molecule has 16 heavy (non-hydrogen) atoms. The lowest BCUT2D eigenvalue weighted by atomic mass is 10.1. The minimum atomic E-state index is -0.973. The number of pyridine rings is 1. The van der Waals surface area contributed by atoms with Crippen LogP contribution in [0.3, 0.4) is 0 Å². The predicted molar refractivity (Wildman–Crippen MR) is 63.0 cm³/mol. The molecule has 0 radical (unpaired) electrons. The van der Waals surface area contributed by atoms with E-state index < -0.39 is 5.97 Å². The third-order valence-electron chi connectivity index (χ3n) is 2.51. The molecule has 0 bridgehead atoms. The van der Waals surface area contributed by atoms with Crippen LogP contribution in [-0.2, 0) is 0 Å². The first-order chi connectivity index (χ1) is 7.63. The number of fused-ring (bicyclic) bond motifs is 1. The number of anilines is 1. The Bertz CT molecular complexity index is 564. The first kappa shape index (κ1) is 10.4. The van der Waals surface area contributed by atoms with Gasteiger partial charge >= 0.3 is 5.97 Å². The molecule has 0 aliphatic carbocycles. The maximum absolute atomic E-state index is 11.0. The highest BCUT2D eigenvalue weighted by molar-refractivity contribution is 6.04. The van der Waals surface area contributed by atoms with E-state index >= 15 is 0 Å².